The number of hydrogen-bond acceptors (Lipinski definition) is 7. The van der Waals surface area contributed by atoms with E-state index in [4.69, 9.17) is 9.72 Å². The van der Waals surface area contributed by atoms with Gasteiger partial charge in [-0.1, -0.05) is 32.0 Å². The van der Waals surface area contributed by atoms with Gasteiger partial charge in [0, 0.05) is 54.9 Å². The first-order valence-electron chi connectivity index (χ1n) is 15.6. The number of rotatable bonds is 6. The topological polar surface area (TPSA) is 107 Å². The second kappa shape index (κ2) is 11.2. The highest BCUT2D eigenvalue weighted by Crippen LogP contribution is 2.45. The van der Waals surface area contributed by atoms with E-state index >= 15 is 0 Å². The van der Waals surface area contributed by atoms with Crippen molar-refractivity contribution in [1.82, 2.24) is 19.9 Å². The van der Waals surface area contributed by atoms with Crippen LogP contribution in [0, 0.1) is 19.3 Å². The van der Waals surface area contributed by atoms with Gasteiger partial charge in [-0.2, -0.15) is 0 Å². The van der Waals surface area contributed by atoms with Crippen molar-refractivity contribution in [3.8, 4) is 11.1 Å². The molecule has 2 aliphatic heterocycles. The summed E-state index contributed by atoms with van der Waals surface area (Å²) in [7, 11) is 0. The second-order valence-electron chi connectivity index (χ2n) is 14.1. The Morgan fingerprint density at radius 3 is 2.48 bits per heavy atom. The largest absolute Gasteiger partial charge is 0.479 e. The van der Waals surface area contributed by atoms with E-state index in [-0.39, 0.29) is 5.41 Å². The SMILES string of the molecule is Cc1nc(C)c(C(OC(C)(C)C)C(=O)O)c(N2CCC(C)(C)CC2)c1-c1ccc2c(c1)CCN(c1nccc3[nH]cnc13)C2. The third-order valence-corrected chi connectivity index (χ3v) is 9.10. The summed E-state index contributed by atoms with van der Waals surface area (Å²) in [6.07, 6.45) is 5.34. The number of anilines is 2. The number of aryl methyl sites for hydroxylation is 2. The molecular formula is C35H44N6O3. The molecule has 9 heteroatoms. The number of ether oxygens (including phenoxy) is 1. The fourth-order valence-electron chi connectivity index (χ4n) is 6.73. The van der Waals surface area contributed by atoms with E-state index in [1.165, 1.54) is 11.1 Å². The molecule has 0 saturated carbocycles. The zero-order chi connectivity index (χ0) is 31.4. The van der Waals surface area contributed by atoms with E-state index in [9.17, 15) is 9.90 Å². The molecule has 9 nitrogen and oxygen atoms in total. The fraction of sp³-hybridized carbons (Fsp3) is 0.486. The first kappa shape index (κ1) is 30.1. The molecule has 0 amide bonds. The lowest BCUT2D eigenvalue weighted by atomic mass is 9.81. The fourth-order valence-corrected chi connectivity index (χ4v) is 6.73. The Balaban J connectivity index is 1.44. The number of imidazole rings is 1. The van der Waals surface area contributed by atoms with E-state index in [2.05, 4.69) is 56.8 Å². The Bertz CT molecular complexity index is 1710. The number of fused-ring (bicyclic) bond motifs is 2. The molecule has 1 fully saturated rings. The van der Waals surface area contributed by atoms with E-state index in [0.29, 0.717) is 11.3 Å². The van der Waals surface area contributed by atoms with Gasteiger partial charge in [0.1, 0.15) is 5.52 Å². The van der Waals surface area contributed by atoms with Crippen LogP contribution in [0.2, 0.25) is 0 Å². The summed E-state index contributed by atoms with van der Waals surface area (Å²) in [5.41, 5.74) is 9.31. The van der Waals surface area contributed by atoms with Gasteiger partial charge in [-0.3, -0.25) is 4.98 Å². The van der Waals surface area contributed by atoms with Crippen LogP contribution in [-0.2, 0) is 22.5 Å². The number of aromatic nitrogens is 4. The van der Waals surface area contributed by atoms with Crippen LogP contribution < -0.4 is 9.80 Å². The van der Waals surface area contributed by atoms with Crippen LogP contribution >= 0.6 is 0 Å². The molecule has 2 N–H and O–H groups in total. The Morgan fingerprint density at radius 1 is 1.02 bits per heavy atom. The zero-order valence-corrected chi connectivity index (χ0v) is 27.0. The summed E-state index contributed by atoms with van der Waals surface area (Å²) < 4.78 is 6.25. The van der Waals surface area contributed by atoms with Gasteiger partial charge in [0.15, 0.2) is 11.9 Å². The van der Waals surface area contributed by atoms with E-state index in [1.54, 1.807) is 6.33 Å². The molecule has 1 aromatic carbocycles. The number of nitrogens with zero attached hydrogens (tertiary/aromatic N) is 5. The molecule has 2 aliphatic rings. The summed E-state index contributed by atoms with van der Waals surface area (Å²) in [4.78, 5) is 34.8. The Hall–Kier alpha value is -3.98. The highest BCUT2D eigenvalue weighted by atomic mass is 16.5. The smallest absolute Gasteiger partial charge is 0.337 e. The lowest BCUT2D eigenvalue weighted by Gasteiger charge is -2.41. The zero-order valence-electron chi connectivity index (χ0n) is 27.0. The summed E-state index contributed by atoms with van der Waals surface area (Å²) in [5, 5.41) is 10.5. The first-order chi connectivity index (χ1) is 20.8. The molecule has 44 heavy (non-hydrogen) atoms. The number of benzene rings is 1. The number of carboxylic acid groups (broad SMARTS) is 1. The van der Waals surface area contributed by atoms with Crippen molar-refractivity contribution in [2.45, 2.75) is 86.0 Å². The van der Waals surface area contributed by atoms with Crippen LogP contribution in [-0.4, -0.2) is 56.2 Å². The van der Waals surface area contributed by atoms with Crippen molar-refractivity contribution in [3.63, 3.8) is 0 Å². The van der Waals surface area contributed by atoms with E-state index < -0.39 is 17.7 Å². The number of nitrogens with one attached hydrogen (secondary N) is 1. The second-order valence-corrected chi connectivity index (χ2v) is 14.1. The maximum Gasteiger partial charge on any atom is 0.337 e. The van der Waals surface area contributed by atoms with Crippen LogP contribution in [0.5, 0.6) is 0 Å². The lowest BCUT2D eigenvalue weighted by Crippen LogP contribution is -2.39. The van der Waals surface area contributed by atoms with Crippen LogP contribution in [0.15, 0.2) is 36.8 Å². The molecule has 0 spiro atoms. The van der Waals surface area contributed by atoms with Gasteiger partial charge in [0.2, 0.25) is 0 Å². The number of pyridine rings is 2. The van der Waals surface area contributed by atoms with Gasteiger partial charge < -0.3 is 24.6 Å². The molecule has 6 rings (SSSR count). The van der Waals surface area contributed by atoms with Crippen molar-refractivity contribution in [2.24, 2.45) is 5.41 Å². The van der Waals surface area contributed by atoms with Crippen LogP contribution in [0.1, 0.15) is 81.6 Å². The molecule has 4 aromatic rings. The average Bonchev–Trinajstić information content (AvgIpc) is 3.44. The molecule has 1 atom stereocenters. The Labute approximate surface area is 259 Å². The molecule has 3 aromatic heterocycles. The van der Waals surface area contributed by atoms with Crippen molar-refractivity contribution >= 4 is 28.5 Å². The number of hydrogen-bond donors (Lipinski definition) is 2. The summed E-state index contributed by atoms with van der Waals surface area (Å²) >= 11 is 0. The quantitative estimate of drug-likeness (QED) is 0.251. The minimum absolute atomic E-state index is 0.245. The van der Waals surface area contributed by atoms with Gasteiger partial charge in [0.25, 0.3) is 0 Å². The van der Waals surface area contributed by atoms with Gasteiger partial charge in [-0.25, -0.2) is 14.8 Å². The number of H-pyrrole nitrogens is 1. The van der Waals surface area contributed by atoms with Crippen molar-refractivity contribution in [2.75, 3.05) is 29.4 Å². The normalized spacial score (nSPS) is 17.5. The lowest BCUT2D eigenvalue weighted by molar-refractivity contribution is -0.160. The summed E-state index contributed by atoms with van der Waals surface area (Å²) in [5.74, 6) is -0.0974. The van der Waals surface area contributed by atoms with Crippen LogP contribution in [0.4, 0.5) is 11.5 Å². The molecule has 5 heterocycles. The van der Waals surface area contributed by atoms with E-state index in [0.717, 1.165) is 84.8 Å². The monoisotopic (exact) mass is 596 g/mol. The number of piperidine rings is 1. The van der Waals surface area contributed by atoms with Crippen LogP contribution in [0.25, 0.3) is 22.2 Å². The highest BCUT2D eigenvalue weighted by Gasteiger charge is 2.36. The molecule has 232 valence electrons. The molecule has 0 bridgehead atoms. The molecule has 0 aliphatic carbocycles. The number of aromatic amines is 1. The Kier molecular flexibility index (Phi) is 7.64. The molecule has 1 saturated heterocycles. The molecular weight excluding hydrogens is 552 g/mol. The van der Waals surface area contributed by atoms with Crippen molar-refractivity contribution in [1.29, 1.82) is 0 Å². The molecule has 1 unspecified atom stereocenters. The van der Waals surface area contributed by atoms with Gasteiger partial charge in [-0.15, -0.1) is 0 Å². The minimum atomic E-state index is -1.13. The van der Waals surface area contributed by atoms with Gasteiger partial charge in [0.05, 0.1) is 23.1 Å². The third kappa shape index (κ3) is 5.77. The third-order valence-electron chi connectivity index (χ3n) is 9.10. The predicted octanol–water partition coefficient (Wildman–Crippen LogP) is 6.77. The maximum absolute atomic E-state index is 12.8. The summed E-state index contributed by atoms with van der Waals surface area (Å²) in [6.45, 7) is 17.6. The number of carbonyl (C=O) groups is 1. The number of aliphatic carboxylic acids is 1. The van der Waals surface area contributed by atoms with Gasteiger partial charge in [-0.05, 0) is 82.1 Å². The van der Waals surface area contributed by atoms with Crippen LogP contribution in [0.3, 0.4) is 0 Å². The molecule has 0 radical (unpaired) electrons. The predicted molar refractivity (Wildman–Crippen MR) is 174 cm³/mol. The minimum Gasteiger partial charge on any atom is -0.479 e. The number of carboxylic acids is 1. The Morgan fingerprint density at radius 2 is 1.77 bits per heavy atom. The van der Waals surface area contributed by atoms with Crippen molar-refractivity contribution in [3.05, 3.63) is 64.9 Å². The average molecular weight is 597 g/mol. The summed E-state index contributed by atoms with van der Waals surface area (Å²) in [6, 6.07) is 8.62. The van der Waals surface area contributed by atoms with Crippen molar-refractivity contribution < 1.29 is 14.6 Å². The standard InChI is InChI=1S/C35H44N6O3/c1-21-27(24-8-9-25-19-41(15-11-23(25)18-24)32-29-26(10-14-36-32)37-20-38-29)30(40-16-12-35(6,7)13-17-40)28(22(2)39-21)31(33(42)43)44-34(3,4)5/h8-10,14,18,20,31H,11-13,15-17,19H2,1-7H3,(H,37,38)(H,42,43). The highest BCUT2D eigenvalue weighted by molar-refractivity contribution is 5.89. The van der Waals surface area contributed by atoms with Gasteiger partial charge >= 0.3 is 5.97 Å². The first-order valence-corrected chi connectivity index (χ1v) is 15.6. The maximum atomic E-state index is 12.8. The van der Waals surface area contributed by atoms with E-state index in [1.807, 2.05) is 46.9 Å².